The lowest BCUT2D eigenvalue weighted by Gasteiger charge is -2.31. The van der Waals surface area contributed by atoms with E-state index in [0.29, 0.717) is 24.1 Å². The van der Waals surface area contributed by atoms with Crippen LogP contribution in [0.3, 0.4) is 0 Å². The molecule has 0 bridgehead atoms. The number of halogens is 1. The Balaban J connectivity index is 2.37. The summed E-state index contributed by atoms with van der Waals surface area (Å²) in [5.74, 6) is -1.45. The predicted octanol–water partition coefficient (Wildman–Crippen LogP) is 3.14. The third-order valence-electron chi connectivity index (χ3n) is 3.99. The lowest BCUT2D eigenvalue weighted by molar-refractivity contribution is -0.142. The van der Waals surface area contributed by atoms with Crippen molar-refractivity contribution in [3.63, 3.8) is 0 Å². The molecule has 0 spiro atoms. The van der Waals surface area contributed by atoms with Crippen molar-refractivity contribution in [1.82, 2.24) is 0 Å². The second-order valence-corrected chi connectivity index (χ2v) is 6.40. The van der Waals surface area contributed by atoms with Gasteiger partial charge in [-0.3, -0.25) is 4.79 Å². The van der Waals surface area contributed by atoms with Crippen molar-refractivity contribution in [3.8, 4) is 0 Å². The largest absolute Gasteiger partial charge is 0.480 e. The Labute approximate surface area is 132 Å². The number of amides is 1. The molecule has 5 nitrogen and oxygen atoms in total. The van der Waals surface area contributed by atoms with Gasteiger partial charge in [-0.2, -0.15) is 0 Å². The number of rotatable bonds is 4. The van der Waals surface area contributed by atoms with Gasteiger partial charge in [-0.15, -0.1) is 0 Å². The Bertz CT molecular complexity index is 552. The number of nitrogens with one attached hydrogen (secondary N) is 1. The number of carboxylic acids is 1. The van der Waals surface area contributed by atoms with Gasteiger partial charge in [-0.25, -0.2) is 4.79 Å². The fraction of sp³-hybridized carbons (Fsp3) is 0.467. The number of primary amides is 1. The van der Waals surface area contributed by atoms with E-state index >= 15 is 0 Å². The highest BCUT2D eigenvalue weighted by Gasteiger charge is 2.39. The molecule has 0 aromatic heterocycles. The first-order valence-corrected chi connectivity index (χ1v) is 7.85. The first kappa shape index (κ1) is 15.8. The molecule has 0 unspecified atom stereocenters. The summed E-state index contributed by atoms with van der Waals surface area (Å²) >= 11 is 3.29. The van der Waals surface area contributed by atoms with Gasteiger partial charge in [0.25, 0.3) is 5.91 Å². The number of aliphatic carboxylic acids is 1. The van der Waals surface area contributed by atoms with Crippen LogP contribution in [-0.2, 0) is 4.79 Å². The topological polar surface area (TPSA) is 92.4 Å². The molecule has 1 saturated carbocycles. The molecule has 0 saturated heterocycles. The van der Waals surface area contributed by atoms with Crippen molar-refractivity contribution in [1.29, 1.82) is 0 Å². The molecule has 6 heteroatoms. The third-order valence-corrected chi connectivity index (χ3v) is 4.48. The number of anilines is 1. The van der Waals surface area contributed by atoms with E-state index in [4.69, 9.17) is 5.73 Å². The molecule has 0 aliphatic heterocycles. The first-order chi connectivity index (χ1) is 9.94. The Morgan fingerprint density at radius 1 is 1.19 bits per heavy atom. The maximum Gasteiger partial charge on any atom is 0.329 e. The average Bonchev–Trinajstić information content (AvgIpc) is 2.67. The van der Waals surface area contributed by atoms with Crippen LogP contribution >= 0.6 is 15.9 Å². The number of carbonyl (C=O) groups excluding carboxylic acids is 1. The second kappa shape index (κ2) is 6.47. The highest BCUT2D eigenvalue weighted by molar-refractivity contribution is 9.10. The van der Waals surface area contributed by atoms with Gasteiger partial charge < -0.3 is 16.2 Å². The number of carbonyl (C=O) groups is 2. The summed E-state index contributed by atoms with van der Waals surface area (Å²) < 4.78 is 0.729. The fourth-order valence-electron chi connectivity index (χ4n) is 2.81. The summed E-state index contributed by atoms with van der Waals surface area (Å²) in [5.41, 5.74) is 5.15. The van der Waals surface area contributed by atoms with E-state index in [0.717, 1.165) is 30.2 Å². The highest BCUT2D eigenvalue weighted by Crippen LogP contribution is 2.33. The van der Waals surface area contributed by atoms with Gasteiger partial charge in [-0.05, 0) is 31.0 Å². The first-order valence-electron chi connectivity index (χ1n) is 7.05. The quantitative estimate of drug-likeness (QED) is 0.724. The standard InChI is InChI=1S/C15H19BrN2O3/c16-10-5-6-12(11(9-10)13(17)19)18-15(14(20)21)7-3-1-2-4-8-15/h5-6,9,18H,1-4,7-8H2,(H2,17,19)(H,20,21). The minimum Gasteiger partial charge on any atom is -0.480 e. The van der Waals surface area contributed by atoms with E-state index in [1.54, 1.807) is 18.2 Å². The maximum atomic E-state index is 11.8. The van der Waals surface area contributed by atoms with Crippen LogP contribution in [0, 0.1) is 0 Å². The smallest absolute Gasteiger partial charge is 0.329 e. The van der Waals surface area contributed by atoms with Crippen molar-refractivity contribution in [2.45, 2.75) is 44.1 Å². The number of hydrogen-bond donors (Lipinski definition) is 3. The zero-order valence-electron chi connectivity index (χ0n) is 11.7. The van der Waals surface area contributed by atoms with E-state index in [2.05, 4.69) is 21.2 Å². The summed E-state index contributed by atoms with van der Waals surface area (Å²) in [6.45, 7) is 0. The number of hydrogen-bond acceptors (Lipinski definition) is 3. The second-order valence-electron chi connectivity index (χ2n) is 5.48. The van der Waals surface area contributed by atoms with Crippen LogP contribution in [0.25, 0.3) is 0 Å². The van der Waals surface area contributed by atoms with Crippen LogP contribution < -0.4 is 11.1 Å². The van der Waals surface area contributed by atoms with Gasteiger partial charge in [-0.1, -0.05) is 41.6 Å². The van der Waals surface area contributed by atoms with Gasteiger partial charge in [0.1, 0.15) is 5.54 Å². The third kappa shape index (κ3) is 3.56. The minimum absolute atomic E-state index is 0.300. The van der Waals surface area contributed by atoms with Crippen LogP contribution in [-0.4, -0.2) is 22.5 Å². The maximum absolute atomic E-state index is 11.8. The summed E-state index contributed by atoms with van der Waals surface area (Å²) in [6, 6.07) is 5.07. The molecule has 1 aromatic rings. The zero-order valence-corrected chi connectivity index (χ0v) is 13.3. The number of nitrogens with two attached hydrogens (primary N) is 1. The van der Waals surface area contributed by atoms with Crippen molar-refractivity contribution in [2.75, 3.05) is 5.32 Å². The Kier molecular flexibility index (Phi) is 4.88. The van der Waals surface area contributed by atoms with Crippen molar-refractivity contribution in [3.05, 3.63) is 28.2 Å². The van der Waals surface area contributed by atoms with Crippen molar-refractivity contribution in [2.24, 2.45) is 5.73 Å². The van der Waals surface area contributed by atoms with Crippen LogP contribution in [0.1, 0.15) is 48.9 Å². The molecular formula is C15H19BrN2O3. The average molecular weight is 355 g/mol. The van der Waals surface area contributed by atoms with E-state index in [1.807, 2.05) is 0 Å². The van der Waals surface area contributed by atoms with Crippen LogP contribution in [0.5, 0.6) is 0 Å². The summed E-state index contributed by atoms with van der Waals surface area (Å²) in [5, 5.41) is 12.8. The molecule has 21 heavy (non-hydrogen) atoms. The van der Waals surface area contributed by atoms with Gasteiger partial charge in [0.15, 0.2) is 0 Å². The van der Waals surface area contributed by atoms with Crippen LogP contribution in [0.2, 0.25) is 0 Å². The molecule has 114 valence electrons. The van der Waals surface area contributed by atoms with E-state index in [1.165, 1.54) is 0 Å². The van der Waals surface area contributed by atoms with Crippen molar-refractivity contribution >= 4 is 33.5 Å². The summed E-state index contributed by atoms with van der Waals surface area (Å²) in [4.78, 5) is 23.4. The van der Waals surface area contributed by atoms with Crippen molar-refractivity contribution < 1.29 is 14.7 Å². The van der Waals surface area contributed by atoms with E-state index in [9.17, 15) is 14.7 Å². The molecule has 4 N–H and O–H groups in total. The SMILES string of the molecule is NC(=O)c1cc(Br)ccc1NC1(C(=O)O)CCCCCC1. The predicted molar refractivity (Wildman–Crippen MR) is 84.4 cm³/mol. The minimum atomic E-state index is -1.02. The summed E-state index contributed by atoms with van der Waals surface area (Å²) in [6.07, 6.45) is 4.91. The molecule has 0 atom stereocenters. The lowest BCUT2D eigenvalue weighted by Crippen LogP contribution is -2.46. The molecule has 1 amide bonds. The van der Waals surface area contributed by atoms with E-state index < -0.39 is 17.4 Å². The summed E-state index contributed by atoms with van der Waals surface area (Å²) in [7, 11) is 0. The number of carboxylic acid groups (broad SMARTS) is 1. The molecule has 0 radical (unpaired) electrons. The van der Waals surface area contributed by atoms with E-state index in [-0.39, 0.29) is 0 Å². The lowest BCUT2D eigenvalue weighted by atomic mass is 9.89. The Morgan fingerprint density at radius 2 is 1.81 bits per heavy atom. The molecule has 1 fully saturated rings. The highest BCUT2D eigenvalue weighted by atomic mass is 79.9. The van der Waals surface area contributed by atoms with Gasteiger partial charge in [0.05, 0.1) is 5.56 Å². The van der Waals surface area contributed by atoms with Gasteiger partial charge >= 0.3 is 5.97 Å². The fourth-order valence-corrected chi connectivity index (χ4v) is 3.17. The normalized spacial score (nSPS) is 17.8. The Hall–Kier alpha value is -1.56. The molecule has 2 rings (SSSR count). The molecule has 0 heterocycles. The molecular weight excluding hydrogens is 336 g/mol. The number of benzene rings is 1. The van der Waals surface area contributed by atoms with Gasteiger partial charge in [0, 0.05) is 10.2 Å². The van der Waals surface area contributed by atoms with Gasteiger partial charge in [0.2, 0.25) is 0 Å². The zero-order chi connectivity index (χ0) is 15.5. The van der Waals surface area contributed by atoms with Crippen LogP contribution in [0.15, 0.2) is 22.7 Å². The monoisotopic (exact) mass is 354 g/mol. The molecule has 1 aliphatic rings. The van der Waals surface area contributed by atoms with Crippen LogP contribution in [0.4, 0.5) is 5.69 Å². The Morgan fingerprint density at radius 3 is 2.33 bits per heavy atom. The molecule has 1 aromatic carbocycles. The molecule has 1 aliphatic carbocycles.